The molecule has 0 amide bonds. The molecule has 0 atom stereocenters. The van der Waals surface area contributed by atoms with Crippen LogP contribution in [0.2, 0.25) is 0 Å². The van der Waals surface area contributed by atoms with Crippen LogP contribution in [0.5, 0.6) is 0 Å². The summed E-state index contributed by atoms with van der Waals surface area (Å²) in [5, 5.41) is 10.1. The highest BCUT2D eigenvalue weighted by molar-refractivity contribution is 9.11. The summed E-state index contributed by atoms with van der Waals surface area (Å²) in [6, 6.07) is 3.86. The first kappa shape index (κ1) is 13.4. The lowest BCUT2D eigenvalue weighted by Gasteiger charge is -2.19. The van der Waals surface area contributed by atoms with Crippen LogP contribution in [0.4, 0.5) is 5.82 Å². The first-order valence-corrected chi connectivity index (χ1v) is 7.21. The van der Waals surface area contributed by atoms with Crippen molar-refractivity contribution in [1.29, 1.82) is 0 Å². The van der Waals surface area contributed by atoms with Crippen LogP contribution in [0.15, 0.2) is 27.5 Å². The lowest BCUT2D eigenvalue weighted by Crippen LogP contribution is -2.23. The average Bonchev–Trinajstić information content (AvgIpc) is 2.74. The lowest BCUT2D eigenvalue weighted by molar-refractivity contribution is 0.866. The van der Waals surface area contributed by atoms with Gasteiger partial charge >= 0.3 is 0 Å². The summed E-state index contributed by atoms with van der Waals surface area (Å²) in [6.45, 7) is 0.733. The quantitative estimate of drug-likeness (QED) is 0.865. The van der Waals surface area contributed by atoms with Crippen molar-refractivity contribution in [2.45, 2.75) is 6.54 Å². The molecule has 2 N–H and O–H groups in total. The Hall–Kier alpha value is -1.05. The Kier molecular flexibility index (Phi) is 4.26. The molecule has 2 aromatic rings. The van der Waals surface area contributed by atoms with Gasteiger partial charge in [0.1, 0.15) is 4.99 Å². The molecule has 0 saturated carbocycles. The van der Waals surface area contributed by atoms with Crippen molar-refractivity contribution in [3.05, 3.63) is 38.6 Å². The molecule has 0 aromatic carbocycles. The molecular weight excluding hydrogens is 332 g/mol. The standard InChI is InChI=1S/C11H11BrN4S2/c1-16(5-7-4-9(12)18-6-7)11-8(10(13)17)2-3-14-15-11/h2-4,6H,5H2,1H3,(H2,13,17). The molecule has 2 heterocycles. The highest BCUT2D eigenvalue weighted by atomic mass is 79.9. The second-order valence-corrected chi connectivity index (χ2v) is 6.48. The molecule has 0 spiro atoms. The van der Waals surface area contributed by atoms with Crippen LogP contribution < -0.4 is 10.6 Å². The van der Waals surface area contributed by atoms with Gasteiger partial charge in [-0.3, -0.25) is 0 Å². The maximum atomic E-state index is 5.68. The number of aromatic nitrogens is 2. The van der Waals surface area contributed by atoms with Crippen molar-refractivity contribution < 1.29 is 0 Å². The minimum absolute atomic E-state index is 0.332. The fourth-order valence-corrected chi connectivity index (χ4v) is 2.94. The Morgan fingerprint density at radius 1 is 1.61 bits per heavy atom. The molecule has 0 unspecified atom stereocenters. The van der Waals surface area contributed by atoms with E-state index in [-0.39, 0.29) is 0 Å². The summed E-state index contributed by atoms with van der Waals surface area (Å²) >= 11 is 10.1. The van der Waals surface area contributed by atoms with E-state index >= 15 is 0 Å². The molecule has 0 aliphatic heterocycles. The van der Waals surface area contributed by atoms with Gasteiger partial charge in [-0.1, -0.05) is 12.2 Å². The molecule has 2 aromatic heterocycles. The maximum absolute atomic E-state index is 5.68. The van der Waals surface area contributed by atoms with E-state index in [0.717, 1.165) is 15.9 Å². The van der Waals surface area contributed by atoms with E-state index in [1.165, 1.54) is 5.56 Å². The Labute approximate surface area is 123 Å². The van der Waals surface area contributed by atoms with Crippen molar-refractivity contribution >= 4 is 50.3 Å². The van der Waals surface area contributed by atoms with Gasteiger partial charge in [-0.05, 0) is 39.0 Å². The second-order valence-electron chi connectivity index (χ2n) is 3.75. The predicted molar refractivity (Wildman–Crippen MR) is 82.0 cm³/mol. The maximum Gasteiger partial charge on any atom is 0.161 e. The van der Waals surface area contributed by atoms with E-state index in [9.17, 15) is 0 Å². The highest BCUT2D eigenvalue weighted by Crippen LogP contribution is 2.23. The summed E-state index contributed by atoms with van der Waals surface area (Å²) in [4.78, 5) is 2.31. The van der Waals surface area contributed by atoms with Gasteiger partial charge in [0.15, 0.2) is 5.82 Å². The predicted octanol–water partition coefficient (Wildman–Crippen LogP) is 2.57. The van der Waals surface area contributed by atoms with Gasteiger partial charge in [-0.15, -0.1) is 16.4 Å². The Morgan fingerprint density at radius 3 is 3.00 bits per heavy atom. The van der Waals surface area contributed by atoms with E-state index in [2.05, 4.69) is 37.6 Å². The van der Waals surface area contributed by atoms with Gasteiger partial charge in [0.25, 0.3) is 0 Å². The zero-order valence-corrected chi connectivity index (χ0v) is 12.8. The van der Waals surface area contributed by atoms with Gasteiger partial charge < -0.3 is 10.6 Å². The van der Waals surface area contributed by atoms with Crippen LogP contribution in [0.1, 0.15) is 11.1 Å². The Morgan fingerprint density at radius 2 is 2.39 bits per heavy atom. The lowest BCUT2D eigenvalue weighted by atomic mass is 10.2. The molecular formula is C11H11BrN4S2. The molecule has 0 radical (unpaired) electrons. The molecule has 0 aliphatic rings. The van der Waals surface area contributed by atoms with Gasteiger partial charge in [-0.25, -0.2) is 0 Å². The number of halogens is 1. The summed E-state index contributed by atoms with van der Waals surface area (Å²) in [5.74, 6) is 0.701. The third-order valence-corrected chi connectivity index (χ3v) is 4.14. The first-order valence-electron chi connectivity index (χ1n) is 5.13. The van der Waals surface area contributed by atoms with E-state index in [4.69, 9.17) is 18.0 Å². The summed E-state index contributed by atoms with van der Waals surface area (Å²) in [5.41, 5.74) is 7.63. The number of nitrogens with two attached hydrogens (primary N) is 1. The van der Waals surface area contributed by atoms with Crippen LogP contribution in [0, 0.1) is 0 Å². The van der Waals surface area contributed by atoms with Gasteiger partial charge in [0.05, 0.1) is 15.5 Å². The molecule has 4 nitrogen and oxygen atoms in total. The number of nitrogens with zero attached hydrogens (tertiary/aromatic N) is 3. The van der Waals surface area contributed by atoms with Gasteiger partial charge in [0.2, 0.25) is 0 Å². The zero-order valence-electron chi connectivity index (χ0n) is 9.63. The SMILES string of the molecule is CN(Cc1csc(Br)c1)c1nnccc1C(N)=S. The smallest absolute Gasteiger partial charge is 0.161 e. The van der Waals surface area contributed by atoms with E-state index in [0.29, 0.717) is 10.8 Å². The van der Waals surface area contributed by atoms with Crippen LogP contribution in [0.3, 0.4) is 0 Å². The van der Waals surface area contributed by atoms with Crippen molar-refractivity contribution in [2.75, 3.05) is 11.9 Å². The molecule has 0 fully saturated rings. The minimum atomic E-state index is 0.332. The van der Waals surface area contributed by atoms with Crippen LogP contribution in [-0.4, -0.2) is 22.2 Å². The van der Waals surface area contributed by atoms with Crippen molar-refractivity contribution in [3.8, 4) is 0 Å². The van der Waals surface area contributed by atoms with Gasteiger partial charge in [0, 0.05) is 13.6 Å². The number of thiophene rings is 1. The fraction of sp³-hybridized carbons (Fsp3) is 0.182. The van der Waals surface area contributed by atoms with Crippen molar-refractivity contribution in [3.63, 3.8) is 0 Å². The van der Waals surface area contributed by atoms with Gasteiger partial charge in [-0.2, -0.15) is 5.10 Å². The molecule has 0 aliphatic carbocycles. The summed E-state index contributed by atoms with van der Waals surface area (Å²) < 4.78 is 1.11. The number of anilines is 1. The zero-order chi connectivity index (χ0) is 13.1. The topological polar surface area (TPSA) is 55.0 Å². The summed E-state index contributed by atoms with van der Waals surface area (Å²) in [6.07, 6.45) is 1.59. The van der Waals surface area contributed by atoms with Crippen LogP contribution in [-0.2, 0) is 6.54 Å². The molecule has 7 heteroatoms. The van der Waals surface area contributed by atoms with Crippen LogP contribution in [0.25, 0.3) is 0 Å². The van der Waals surface area contributed by atoms with E-state index in [1.807, 2.05) is 11.9 Å². The fourth-order valence-electron chi connectivity index (χ4n) is 1.58. The molecule has 0 bridgehead atoms. The van der Waals surface area contributed by atoms with Crippen molar-refractivity contribution in [2.24, 2.45) is 5.73 Å². The number of thiocarbonyl (C=S) groups is 1. The minimum Gasteiger partial charge on any atom is -0.389 e. The molecule has 0 saturated heterocycles. The Balaban J connectivity index is 2.23. The largest absolute Gasteiger partial charge is 0.389 e. The second kappa shape index (κ2) is 5.73. The highest BCUT2D eigenvalue weighted by Gasteiger charge is 2.12. The normalized spacial score (nSPS) is 10.3. The number of rotatable bonds is 4. The molecule has 94 valence electrons. The van der Waals surface area contributed by atoms with Crippen LogP contribution >= 0.6 is 39.5 Å². The summed E-state index contributed by atoms with van der Waals surface area (Å²) in [7, 11) is 1.94. The van der Waals surface area contributed by atoms with E-state index in [1.54, 1.807) is 23.6 Å². The monoisotopic (exact) mass is 342 g/mol. The third-order valence-electron chi connectivity index (χ3n) is 2.37. The first-order chi connectivity index (χ1) is 8.58. The number of hydrogen-bond donors (Lipinski definition) is 1. The molecule has 2 rings (SSSR count). The van der Waals surface area contributed by atoms with Crippen molar-refractivity contribution in [1.82, 2.24) is 10.2 Å². The number of hydrogen-bond acceptors (Lipinski definition) is 5. The average molecular weight is 343 g/mol. The molecule has 18 heavy (non-hydrogen) atoms. The Bertz CT molecular complexity index is 570. The third kappa shape index (κ3) is 3.04. The van der Waals surface area contributed by atoms with E-state index < -0.39 is 0 Å².